The Kier molecular flexibility index (Phi) is 3.66. The average Bonchev–Trinajstić information content (AvgIpc) is 1.81. The molecule has 0 bridgehead atoms. The van der Waals surface area contributed by atoms with Crippen LogP contribution >= 0.6 is 0 Å². The summed E-state index contributed by atoms with van der Waals surface area (Å²) in [7, 11) is 0. The maximum atomic E-state index is 8.56. The van der Waals surface area contributed by atoms with Crippen molar-refractivity contribution in [3.63, 3.8) is 0 Å². The maximum Gasteiger partial charge on any atom is 0.205 e. The molecule has 2 heteroatoms. The summed E-state index contributed by atoms with van der Waals surface area (Å²) >= 11 is 0. The molecule has 0 amide bonds. The summed E-state index contributed by atoms with van der Waals surface area (Å²) < 4.78 is 0. The molecule has 0 aromatic rings. The molecule has 0 heterocycles. The third-order valence-electron chi connectivity index (χ3n) is 1.75. The van der Waals surface area contributed by atoms with E-state index in [1.165, 1.54) is 0 Å². The predicted octanol–water partition coefficient (Wildman–Crippen LogP) is 3.39. The molecule has 0 rings (SSSR count). The van der Waals surface area contributed by atoms with Gasteiger partial charge < -0.3 is 0 Å². The lowest BCUT2D eigenvalue weighted by molar-refractivity contribution is 0.413. The number of hydrogen-bond donors (Lipinski definition) is 0. The van der Waals surface area contributed by atoms with Crippen molar-refractivity contribution < 1.29 is 0 Å². The van der Waals surface area contributed by atoms with Crippen LogP contribution < -0.4 is 0 Å². The molecule has 0 fully saturated rings. The Morgan fingerprint density at radius 3 is 1.85 bits per heavy atom. The minimum atomic E-state index is 0.00299. The molecule has 0 saturated carbocycles. The van der Waals surface area contributed by atoms with Gasteiger partial charge in [-0.25, -0.2) is 0 Å². The predicted molar refractivity (Wildman–Crippen MR) is 56.6 cm³/mol. The molecule has 0 aromatic carbocycles. The molecule has 0 aromatic heterocycles. The van der Waals surface area contributed by atoms with Gasteiger partial charge in [-0.05, 0) is 11.8 Å². The smallest absolute Gasteiger partial charge is 0.182 e. The molecule has 0 unspecified atom stereocenters. The van der Waals surface area contributed by atoms with Gasteiger partial charge in [0.1, 0.15) is 0 Å². The van der Waals surface area contributed by atoms with E-state index in [0.717, 1.165) is 12.1 Å². The molecule has 2 nitrogen and oxygen atoms in total. The van der Waals surface area contributed by atoms with Crippen LogP contribution in [0.5, 0.6) is 0 Å². The van der Waals surface area contributed by atoms with Gasteiger partial charge in [0.15, 0.2) is 0 Å². The Hall–Kier alpha value is -0.840. The zero-order chi connectivity index (χ0) is 10.7. The molecule has 0 N–H and O–H groups in total. The molecule has 74 valence electrons. The number of nitriles is 1. The standard InChI is InChI=1S/C11H20N2/c1-10(2,3)7-9(13-8-12)11(4,5)6/h7H2,1-6H3/b13-9-. The summed E-state index contributed by atoms with van der Waals surface area (Å²) in [5, 5.41) is 8.56. The number of rotatable bonds is 1. The van der Waals surface area contributed by atoms with Crippen molar-refractivity contribution in [2.24, 2.45) is 15.8 Å². The van der Waals surface area contributed by atoms with Crippen LogP contribution in [0.25, 0.3) is 0 Å². The first-order valence-corrected chi connectivity index (χ1v) is 4.63. The lowest BCUT2D eigenvalue weighted by Gasteiger charge is -2.26. The minimum Gasteiger partial charge on any atom is -0.182 e. The summed E-state index contributed by atoms with van der Waals surface area (Å²) in [6.45, 7) is 12.8. The van der Waals surface area contributed by atoms with Crippen molar-refractivity contribution in [1.29, 1.82) is 5.26 Å². The van der Waals surface area contributed by atoms with Crippen LogP contribution in [-0.2, 0) is 0 Å². The second kappa shape index (κ2) is 3.91. The third kappa shape index (κ3) is 5.41. The van der Waals surface area contributed by atoms with Crippen molar-refractivity contribution >= 4 is 5.71 Å². The highest BCUT2D eigenvalue weighted by molar-refractivity contribution is 5.90. The van der Waals surface area contributed by atoms with Gasteiger partial charge in [-0.15, -0.1) is 0 Å². The first-order valence-electron chi connectivity index (χ1n) is 4.63. The van der Waals surface area contributed by atoms with Crippen LogP contribution in [0.1, 0.15) is 48.0 Å². The molecular formula is C11H20N2. The summed E-state index contributed by atoms with van der Waals surface area (Å²) in [6, 6.07) is 0. The molecule has 0 spiro atoms. The van der Waals surface area contributed by atoms with Crippen LogP contribution in [-0.4, -0.2) is 5.71 Å². The van der Waals surface area contributed by atoms with Crippen molar-refractivity contribution in [1.82, 2.24) is 0 Å². The van der Waals surface area contributed by atoms with Gasteiger partial charge in [0.25, 0.3) is 0 Å². The van der Waals surface area contributed by atoms with E-state index in [2.05, 4.69) is 46.5 Å². The van der Waals surface area contributed by atoms with E-state index in [4.69, 9.17) is 5.26 Å². The van der Waals surface area contributed by atoms with Crippen LogP contribution in [0, 0.1) is 22.3 Å². The quantitative estimate of drug-likeness (QED) is 0.450. The average molecular weight is 180 g/mol. The molecule has 0 radical (unpaired) electrons. The topological polar surface area (TPSA) is 36.1 Å². The van der Waals surface area contributed by atoms with E-state index in [1.807, 2.05) is 6.19 Å². The monoisotopic (exact) mass is 180 g/mol. The lowest BCUT2D eigenvalue weighted by atomic mass is 9.79. The molecular weight excluding hydrogens is 160 g/mol. The van der Waals surface area contributed by atoms with E-state index in [9.17, 15) is 0 Å². The normalized spacial score (nSPS) is 14.1. The first-order chi connectivity index (χ1) is 5.67. The molecule has 0 aliphatic heterocycles. The maximum absolute atomic E-state index is 8.56. The van der Waals surface area contributed by atoms with Crippen molar-refractivity contribution in [3.05, 3.63) is 0 Å². The van der Waals surface area contributed by atoms with Crippen LogP contribution in [0.4, 0.5) is 0 Å². The van der Waals surface area contributed by atoms with Gasteiger partial charge in [0.05, 0.1) is 0 Å². The van der Waals surface area contributed by atoms with E-state index >= 15 is 0 Å². The SMILES string of the molecule is CC(C)(C)C/C(=N/C#N)C(C)(C)C. The Morgan fingerprint density at radius 2 is 1.62 bits per heavy atom. The lowest BCUT2D eigenvalue weighted by Crippen LogP contribution is -2.25. The van der Waals surface area contributed by atoms with E-state index in [0.29, 0.717) is 0 Å². The van der Waals surface area contributed by atoms with Gasteiger partial charge in [-0.2, -0.15) is 10.3 Å². The Balaban J connectivity index is 4.70. The highest BCUT2D eigenvalue weighted by Crippen LogP contribution is 2.27. The molecule has 0 saturated heterocycles. The molecule has 13 heavy (non-hydrogen) atoms. The van der Waals surface area contributed by atoms with Crippen LogP contribution in [0.15, 0.2) is 4.99 Å². The van der Waals surface area contributed by atoms with E-state index in [1.54, 1.807) is 0 Å². The van der Waals surface area contributed by atoms with Crippen molar-refractivity contribution in [2.45, 2.75) is 48.0 Å². The minimum absolute atomic E-state index is 0.00299. The molecule has 0 aliphatic carbocycles. The second-order valence-electron chi connectivity index (χ2n) is 5.65. The first kappa shape index (κ1) is 12.2. The van der Waals surface area contributed by atoms with Gasteiger partial charge in [-0.1, -0.05) is 41.5 Å². The zero-order valence-corrected chi connectivity index (χ0v) is 9.60. The number of hydrogen-bond acceptors (Lipinski definition) is 2. The largest absolute Gasteiger partial charge is 0.205 e. The van der Waals surface area contributed by atoms with Gasteiger partial charge in [0, 0.05) is 11.1 Å². The van der Waals surface area contributed by atoms with E-state index < -0.39 is 0 Å². The molecule has 0 aliphatic rings. The highest BCUT2D eigenvalue weighted by atomic mass is 14.8. The zero-order valence-electron chi connectivity index (χ0n) is 9.60. The highest BCUT2D eigenvalue weighted by Gasteiger charge is 2.24. The van der Waals surface area contributed by atoms with Crippen LogP contribution in [0.3, 0.4) is 0 Å². The van der Waals surface area contributed by atoms with E-state index in [-0.39, 0.29) is 10.8 Å². The molecule has 0 atom stereocenters. The van der Waals surface area contributed by atoms with Crippen molar-refractivity contribution in [2.75, 3.05) is 0 Å². The summed E-state index contributed by atoms with van der Waals surface area (Å²) in [6.07, 6.45) is 2.76. The van der Waals surface area contributed by atoms with Gasteiger partial charge in [0.2, 0.25) is 6.19 Å². The van der Waals surface area contributed by atoms with Gasteiger partial charge in [-0.3, -0.25) is 0 Å². The number of aliphatic imine (C=N–C) groups is 1. The fourth-order valence-electron chi connectivity index (χ4n) is 1.04. The summed E-state index contributed by atoms with van der Waals surface area (Å²) in [5.41, 5.74) is 1.19. The summed E-state index contributed by atoms with van der Waals surface area (Å²) in [5.74, 6) is 0. The third-order valence-corrected chi connectivity index (χ3v) is 1.75. The van der Waals surface area contributed by atoms with Crippen LogP contribution in [0.2, 0.25) is 0 Å². The Labute approximate surface area is 81.7 Å². The second-order valence-corrected chi connectivity index (χ2v) is 5.65. The fourth-order valence-corrected chi connectivity index (χ4v) is 1.04. The number of nitrogens with zero attached hydrogens (tertiary/aromatic N) is 2. The Morgan fingerprint density at radius 1 is 1.15 bits per heavy atom. The summed E-state index contributed by atoms with van der Waals surface area (Å²) in [4.78, 5) is 3.90. The fraction of sp³-hybridized carbons (Fsp3) is 0.818. The van der Waals surface area contributed by atoms with Crippen molar-refractivity contribution in [3.8, 4) is 6.19 Å². The Bertz CT molecular complexity index is 230. The van der Waals surface area contributed by atoms with Gasteiger partial charge >= 0.3 is 0 Å².